The number of halogens is 1. The van der Waals surface area contributed by atoms with E-state index in [-0.39, 0.29) is 6.42 Å². The highest BCUT2D eigenvalue weighted by atomic mass is 79.9. The summed E-state index contributed by atoms with van der Waals surface area (Å²) in [7, 11) is 0. The first kappa shape index (κ1) is 24.1. The highest BCUT2D eigenvalue weighted by Gasteiger charge is 2.23. The summed E-state index contributed by atoms with van der Waals surface area (Å²) in [5.41, 5.74) is 2.62. The van der Waals surface area contributed by atoms with Gasteiger partial charge in [0, 0.05) is 22.1 Å². The first-order chi connectivity index (χ1) is 17.0. The predicted molar refractivity (Wildman–Crippen MR) is 139 cm³/mol. The fourth-order valence-electron chi connectivity index (χ4n) is 3.23. The number of hydrogen-bond acceptors (Lipinski definition) is 6. The van der Waals surface area contributed by atoms with Crippen molar-refractivity contribution in [2.45, 2.75) is 12.5 Å². The molecular weight excluding hydrogens is 528 g/mol. The fraction of sp³-hybridized carbons (Fsp3) is 0.0800. The normalized spacial score (nSPS) is 11.2. The van der Waals surface area contributed by atoms with E-state index >= 15 is 0 Å². The summed E-state index contributed by atoms with van der Waals surface area (Å²) in [6.07, 6.45) is 0.275. The number of nitriles is 1. The van der Waals surface area contributed by atoms with Gasteiger partial charge < -0.3 is 10.6 Å². The molecule has 0 saturated heterocycles. The summed E-state index contributed by atoms with van der Waals surface area (Å²) in [5, 5.41) is 26.4. The van der Waals surface area contributed by atoms with E-state index in [2.05, 4.69) is 42.1 Å². The van der Waals surface area contributed by atoms with E-state index in [1.807, 2.05) is 60.7 Å². The molecule has 35 heavy (non-hydrogen) atoms. The number of carbonyl (C=O) groups excluding carboxylic acids is 2. The minimum atomic E-state index is -0.878. The molecule has 4 aromatic rings. The highest BCUT2D eigenvalue weighted by molar-refractivity contribution is 9.10. The third-order valence-corrected chi connectivity index (χ3v) is 6.32. The van der Waals surface area contributed by atoms with Gasteiger partial charge in [0.1, 0.15) is 11.0 Å². The molecule has 0 aliphatic carbocycles. The largest absolute Gasteiger partial charge is 0.326 e. The van der Waals surface area contributed by atoms with E-state index in [0.717, 1.165) is 15.6 Å². The van der Waals surface area contributed by atoms with E-state index in [0.29, 0.717) is 21.4 Å². The molecule has 3 aromatic carbocycles. The minimum Gasteiger partial charge on any atom is -0.326 e. The molecule has 3 amide bonds. The highest BCUT2D eigenvalue weighted by Crippen LogP contribution is 2.27. The number of rotatable bonds is 7. The lowest BCUT2D eigenvalue weighted by atomic mass is 10.1. The van der Waals surface area contributed by atoms with Gasteiger partial charge in [0.05, 0.1) is 11.6 Å². The van der Waals surface area contributed by atoms with Crippen molar-refractivity contribution in [3.05, 3.63) is 94.5 Å². The Bertz CT molecular complexity index is 1370. The Morgan fingerprint density at radius 2 is 1.74 bits per heavy atom. The molecule has 4 rings (SSSR count). The molecule has 0 aliphatic rings. The van der Waals surface area contributed by atoms with Crippen LogP contribution in [0.15, 0.2) is 83.3 Å². The second-order valence-electron chi connectivity index (χ2n) is 7.44. The number of urea groups is 1. The van der Waals surface area contributed by atoms with Gasteiger partial charge in [-0.15, -0.1) is 10.2 Å². The maximum absolute atomic E-state index is 13.1. The van der Waals surface area contributed by atoms with Crippen LogP contribution in [0, 0.1) is 11.3 Å². The molecular formula is C25H19BrN6O2S. The van der Waals surface area contributed by atoms with Gasteiger partial charge in [-0.05, 0) is 35.9 Å². The van der Waals surface area contributed by atoms with Crippen LogP contribution in [-0.4, -0.2) is 28.2 Å². The zero-order valence-corrected chi connectivity index (χ0v) is 20.6. The van der Waals surface area contributed by atoms with Crippen LogP contribution in [0.5, 0.6) is 0 Å². The summed E-state index contributed by atoms with van der Waals surface area (Å²) in [5.74, 6) is -0.423. The lowest BCUT2D eigenvalue weighted by Gasteiger charge is -2.18. The molecule has 8 nitrogen and oxygen atoms in total. The second-order valence-corrected chi connectivity index (χ2v) is 9.34. The number of nitrogens with one attached hydrogen (secondary N) is 3. The van der Waals surface area contributed by atoms with Gasteiger partial charge in [-0.25, -0.2) is 4.79 Å². The average Bonchev–Trinajstić information content (AvgIpc) is 3.33. The first-order valence-corrected chi connectivity index (χ1v) is 12.1. The summed E-state index contributed by atoms with van der Waals surface area (Å²) in [4.78, 5) is 25.8. The van der Waals surface area contributed by atoms with Crippen LogP contribution in [0.1, 0.15) is 11.1 Å². The maximum atomic E-state index is 13.1. The van der Waals surface area contributed by atoms with Crippen LogP contribution in [0.3, 0.4) is 0 Å². The van der Waals surface area contributed by atoms with Crippen molar-refractivity contribution >= 4 is 50.0 Å². The van der Waals surface area contributed by atoms with Gasteiger partial charge in [-0.3, -0.25) is 10.1 Å². The van der Waals surface area contributed by atoms with Gasteiger partial charge in [0.2, 0.25) is 11.0 Å². The Morgan fingerprint density at radius 3 is 2.49 bits per heavy atom. The summed E-state index contributed by atoms with van der Waals surface area (Å²) >= 11 is 4.64. The van der Waals surface area contributed by atoms with Crippen LogP contribution in [0.2, 0.25) is 0 Å². The number of hydrogen-bond donors (Lipinski definition) is 3. The molecule has 0 bridgehead atoms. The molecule has 3 N–H and O–H groups in total. The zero-order valence-electron chi connectivity index (χ0n) is 18.2. The molecule has 1 unspecified atom stereocenters. The number of nitrogens with zero attached hydrogens (tertiary/aromatic N) is 3. The standard InChI is InChI=1S/C25H19BrN6O2S/c26-19-11-9-18(10-12-19)23-31-32-25(35-23)30-22(33)21(14-16-5-2-1-3-6-16)29-24(34)28-20-8-4-7-17(13-20)15-27/h1-13,21H,14H2,(H2,28,29,34)(H,30,32,33). The quantitative estimate of drug-likeness (QED) is 0.294. The molecule has 0 aliphatic heterocycles. The smallest absolute Gasteiger partial charge is 0.319 e. The van der Waals surface area contributed by atoms with Crippen molar-refractivity contribution in [1.82, 2.24) is 15.5 Å². The van der Waals surface area contributed by atoms with Crippen LogP contribution >= 0.6 is 27.3 Å². The Kier molecular flexibility index (Phi) is 7.82. The Hall–Kier alpha value is -4.07. The van der Waals surface area contributed by atoms with Crippen molar-refractivity contribution in [2.75, 3.05) is 10.6 Å². The monoisotopic (exact) mass is 546 g/mol. The third-order valence-electron chi connectivity index (χ3n) is 4.90. The summed E-state index contributed by atoms with van der Waals surface area (Å²) < 4.78 is 0.951. The van der Waals surface area contributed by atoms with Crippen molar-refractivity contribution in [3.8, 4) is 16.6 Å². The SMILES string of the molecule is N#Cc1cccc(NC(=O)NC(Cc2ccccc2)C(=O)Nc2nnc(-c3ccc(Br)cc3)s2)c1. The number of anilines is 2. The lowest BCUT2D eigenvalue weighted by Crippen LogP contribution is -2.46. The Morgan fingerprint density at radius 1 is 0.971 bits per heavy atom. The average molecular weight is 547 g/mol. The van der Waals surface area contributed by atoms with Crippen molar-refractivity contribution in [3.63, 3.8) is 0 Å². The molecule has 1 aromatic heterocycles. The van der Waals surface area contributed by atoms with E-state index in [1.165, 1.54) is 11.3 Å². The topological polar surface area (TPSA) is 120 Å². The molecule has 1 atom stereocenters. The van der Waals surface area contributed by atoms with E-state index in [4.69, 9.17) is 5.26 Å². The summed E-state index contributed by atoms with van der Waals surface area (Å²) in [6, 6.07) is 24.1. The van der Waals surface area contributed by atoms with Crippen LogP contribution < -0.4 is 16.0 Å². The van der Waals surface area contributed by atoms with Crippen molar-refractivity contribution in [1.29, 1.82) is 5.26 Å². The van der Waals surface area contributed by atoms with E-state index in [1.54, 1.807) is 24.3 Å². The minimum absolute atomic E-state index is 0.275. The second kappa shape index (κ2) is 11.4. The molecule has 0 saturated carbocycles. The molecule has 1 heterocycles. The third kappa shape index (κ3) is 6.72. The van der Waals surface area contributed by atoms with Gasteiger partial charge in [-0.2, -0.15) is 5.26 Å². The Balaban J connectivity index is 1.47. The van der Waals surface area contributed by atoms with Crippen LogP contribution in [0.4, 0.5) is 15.6 Å². The molecule has 10 heteroatoms. The fourth-order valence-corrected chi connectivity index (χ4v) is 4.24. The molecule has 0 fully saturated rings. The number of carbonyl (C=O) groups is 2. The lowest BCUT2D eigenvalue weighted by molar-refractivity contribution is -0.117. The van der Waals surface area contributed by atoms with Gasteiger partial charge >= 0.3 is 6.03 Å². The predicted octanol–water partition coefficient (Wildman–Crippen LogP) is 5.21. The van der Waals surface area contributed by atoms with Crippen molar-refractivity contribution < 1.29 is 9.59 Å². The van der Waals surface area contributed by atoms with Crippen molar-refractivity contribution in [2.24, 2.45) is 0 Å². The molecule has 0 spiro atoms. The van der Waals surface area contributed by atoms with Gasteiger partial charge in [0.25, 0.3) is 0 Å². The van der Waals surface area contributed by atoms with Crippen LogP contribution in [0.25, 0.3) is 10.6 Å². The van der Waals surface area contributed by atoms with Gasteiger partial charge in [-0.1, -0.05) is 75.8 Å². The van der Waals surface area contributed by atoms with Gasteiger partial charge in [0.15, 0.2) is 0 Å². The number of benzene rings is 3. The number of amides is 3. The molecule has 0 radical (unpaired) electrons. The van der Waals surface area contributed by atoms with E-state index in [9.17, 15) is 9.59 Å². The number of aromatic nitrogens is 2. The Labute approximate surface area is 214 Å². The first-order valence-electron chi connectivity index (χ1n) is 10.5. The molecule has 174 valence electrons. The van der Waals surface area contributed by atoms with E-state index < -0.39 is 18.0 Å². The summed E-state index contributed by atoms with van der Waals surface area (Å²) in [6.45, 7) is 0. The zero-order chi connectivity index (χ0) is 24.6. The van der Waals surface area contributed by atoms with Crippen LogP contribution in [-0.2, 0) is 11.2 Å². The maximum Gasteiger partial charge on any atom is 0.319 e.